The van der Waals surface area contributed by atoms with Gasteiger partial charge in [0.05, 0.1) is 36.8 Å². The molecular weight excluding hydrogens is 495 g/mol. The van der Waals surface area contributed by atoms with Gasteiger partial charge in [0.1, 0.15) is 17.4 Å². The molecule has 9 heteroatoms. The number of hydrogen-bond donors (Lipinski definition) is 1. The number of aryl methyl sites for hydroxylation is 1. The Labute approximate surface area is 220 Å². The molecule has 202 valence electrons. The molecule has 0 saturated heterocycles. The molecule has 2 aromatic carbocycles. The van der Waals surface area contributed by atoms with Crippen LogP contribution in [0, 0.1) is 19.8 Å². The van der Waals surface area contributed by atoms with Crippen molar-refractivity contribution in [3.8, 4) is 5.75 Å². The number of halogens is 3. The molecule has 1 unspecified atom stereocenters. The molecule has 0 fully saturated rings. The van der Waals surface area contributed by atoms with E-state index in [1.165, 1.54) is 13.0 Å². The van der Waals surface area contributed by atoms with Crippen LogP contribution in [0.4, 0.5) is 19.0 Å². The smallest absolute Gasteiger partial charge is 0.416 e. The number of alkyl halides is 3. The van der Waals surface area contributed by atoms with Crippen molar-refractivity contribution >= 4 is 28.3 Å². The van der Waals surface area contributed by atoms with Crippen LogP contribution in [0.3, 0.4) is 0 Å². The van der Waals surface area contributed by atoms with Gasteiger partial charge in [-0.2, -0.15) is 13.2 Å². The SMILES string of the molecule is CCOC(=O)C1CC=C(c2cc3c(N[C@H](C)c4cccc(C(F)(F)F)c4C)nc(C)nc3cc2OC)CC1. The number of allylic oxidation sites excluding steroid dienone is 2. The molecule has 0 amide bonds. The second-order valence-corrected chi connectivity index (χ2v) is 9.53. The largest absolute Gasteiger partial charge is 0.496 e. The number of rotatable bonds is 7. The number of aromatic nitrogens is 2. The molecule has 0 saturated carbocycles. The summed E-state index contributed by atoms with van der Waals surface area (Å²) in [6.45, 7) is 7.23. The first kappa shape index (κ1) is 27.4. The van der Waals surface area contributed by atoms with Gasteiger partial charge in [-0.1, -0.05) is 18.2 Å². The molecule has 38 heavy (non-hydrogen) atoms. The second kappa shape index (κ2) is 11.0. The fourth-order valence-electron chi connectivity index (χ4n) is 5.07. The number of carbonyl (C=O) groups excluding carboxylic acids is 1. The zero-order valence-corrected chi connectivity index (χ0v) is 22.2. The van der Waals surface area contributed by atoms with Gasteiger partial charge in [0.2, 0.25) is 0 Å². The highest BCUT2D eigenvalue weighted by atomic mass is 19.4. The molecule has 1 N–H and O–H groups in total. The molecule has 4 rings (SSSR count). The standard InChI is InChI=1S/C29H32F3N3O3/c1-6-38-28(36)20-12-10-19(11-13-20)22-14-23-25(15-26(22)37-5)34-18(4)35-27(23)33-17(3)21-8-7-9-24(16(21)2)29(30,31)32/h7-10,14-15,17,20H,6,11-13H2,1-5H3,(H,33,34,35)/t17-,20?/m1/s1. The van der Waals surface area contributed by atoms with E-state index in [-0.39, 0.29) is 17.5 Å². The summed E-state index contributed by atoms with van der Waals surface area (Å²) in [5.41, 5.74) is 2.66. The normalized spacial score (nSPS) is 16.6. The van der Waals surface area contributed by atoms with E-state index in [0.29, 0.717) is 54.3 Å². The summed E-state index contributed by atoms with van der Waals surface area (Å²) in [5, 5.41) is 4.06. The Hall–Kier alpha value is -3.62. The highest BCUT2D eigenvalue weighted by molar-refractivity contribution is 5.94. The van der Waals surface area contributed by atoms with Crippen molar-refractivity contribution in [2.24, 2.45) is 5.92 Å². The number of carbonyl (C=O) groups is 1. The Morgan fingerprint density at radius 1 is 1.21 bits per heavy atom. The highest BCUT2D eigenvalue weighted by Crippen LogP contribution is 2.40. The quantitative estimate of drug-likeness (QED) is 0.328. The molecule has 1 aliphatic rings. The lowest BCUT2D eigenvalue weighted by Crippen LogP contribution is -2.19. The summed E-state index contributed by atoms with van der Waals surface area (Å²) in [5.74, 6) is 1.37. The van der Waals surface area contributed by atoms with Crippen molar-refractivity contribution in [3.05, 3.63) is 64.5 Å². The fraction of sp³-hybridized carbons (Fsp3) is 0.414. The summed E-state index contributed by atoms with van der Waals surface area (Å²) in [7, 11) is 1.60. The summed E-state index contributed by atoms with van der Waals surface area (Å²) >= 11 is 0. The van der Waals surface area contributed by atoms with Crippen LogP contribution in [0.25, 0.3) is 16.5 Å². The third kappa shape index (κ3) is 5.61. The first-order valence-corrected chi connectivity index (χ1v) is 12.7. The van der Waals surface area contributed by atoms with Crippen LogP contribution in [0.1, 0.15) is 67.2 Å². The monoisotopic (exact) mass is 527 g/mol. The van der Waals surface area contributed by atoms with Crippen LogP contribution in [0.2, 0.25) is 0 Å². The van der Waals surface area contributed by atoms with Gasteiger partial charge in [0.15, 0.2) is 0 Å². The van der Waals surface area contributed by atoms with Gasteiger partial charge in [-0.15, -0.1) is 0 Å². The Morgan fingerprint density at radius 3 is 2.61 bits per heavy atom. The summed E-state index contributed by atoms with van der Waals surface area (Å²) in [6, 6.07) is 7.58. The molecule has 6 nitrogen and oxygen atoms in total. The number of anilines is 1. The van der Waals surface area contributed by atoms with Gasteiger partial charge in [0, 0.05) is 17.0 Å². The third-order valence-corrected chi connectivity index (χ3v) is 7.01. The lowest BCUT2D eigenvalue weighted by Gasteiger charge is -2.23. The Morgan fingerprint density at radius 2 is 1.97 bits per heavy atom. The molecule has 0 radical (unpaired) electrons. The van der Waals surface area contributed by atoms with E-state index in [1.54, 1.807) is 27.0 Å². The van der Waals surface area contributed by atoms with Crippen LogP contribution in [-0.2, 0) is 15.7 Å². The number of nitrogens with one attached hydrogen (secondary N) is 1. The number of methoxy groups -OCH3 is 1. The minimum Gasteiger partial charge on any atom is -0.496 e. The van der Waals surface area contributed by atoms with E-state index in [9.17, 15) is 18.0 Å². The van der Waals surface area contributed by atoms with Gasteiger partial charge in [0.25, 0.3) is 0 Å². The maximum absolute atomic E-state index is 13.5. The van der Waals surface area contributed by atoms with Crippen LogP contribution >= 0.6 is 0 Å². The zero-order valence-electron chi connectivity index (χ0n) is 22.2. The first-order valence-electron chi connectivity index (χ1n) is 12.7. The van der Waals surface area contributed by atoms with E-state index >= 15 is 0 Å². The fourth-order valence-corrected chi connectivity index (χ4v) is 5.07. The first-order chi connectivity index (χ1) is 18.0. The van der Waals surface area contributed by atoms with Crippen molar-refractivity contribution < 1.29 is 27.4 Å². The molecule has 3 aromatic rings. The number of esters is 1. The minimum absolute atomic E-state index is 0.162. The van der Waals surface area contributed by atoms with E-state index in [4.69, 9.17) is 9.47 Å². The molecule has 1 aliphatic carbocycles. The maximum atomic E-state index is 13.5. The predicted molar refractivity (Wildman–Crippen MR) is 141 cm³/mol. The zero-order chi connectivity index (χ0) is 27.6. The topological polar surface area (TPSA) is 73.3 Å². The highest BCUT2D eigenvalue weighted by Gasteiger charge is 2.33. The van der Waals surface area contributed by atoms with Gasteiger partial charge in [-0.05, 0) is 75.8 Å². The van der Waals surface area contributed by atoms with E-state index in [0.717, 1.165) is 22.6 Å². The third-order valence-electron chi connectivity index (χ3n) is 7.01. The Kier molecular flexibility index (Phi) is 7.94. The van der Waals surface area contributed by atoms with Crippen LogP contribution in [0.5, 0.6) is 5.75 Å². The summed E-state index contributed by atoms with van der Waals surface area (Å²) in [4.78, 5) is 21.3. The van der Waals surface area contributed by atoms with Gasteiger partial charge >= 0.3 is 12.1 Å². The molecule has 0 bridgehead atoms. The van der Waals surface area contributed by atoms with Crippen molar-refractivity contribution in [1.82, 2.24) is 9.97 Å². The van der Waals surface area contributed by atoms with Crippen LogP contribution < -0.4 is 10.1 Å². The molecule has 1 heterocycles. The average Bonchev–Trinajstić information content (AvgIpc) is 2.87. The van der Waals surface area contributed by atoms with E-state index in [1.807, 2.05) is 25.1 Å². The molecule has 1 aromatic heterocycles. The number of hydrogen-bond acceptors (Lipinski definition) is 6. The Balaban J connectivity index is 1.72. The predicted octanol–water partition coefficient (Wildman–Crippen LogP) is 7.19. The summed E-state index contributed by atoms with van der Waals surface area (Å²) < 4.78 is 51.4. The molecule has 0 aliphatic heterocycles. The van der Waals surface area contributed by atoms with Crippen LogP contribution in [-0.4, -0.2) is 29.7 Å². The van der Waals surface area contributed by atoms with Crippen LogP contribution in [0.15, 0.2) is 36.4 Å². The van der Waals surface area contributed by atoms with Crippen molar-refractivity contribution in [2.75, 3.05) is 19.0 Å². The molecular formula is C29H32F3N3O3. The van der Waals surface area contributed by atoms with Gasteiger partial charge in [-0.3, -0.25) is 4.79 Å². The van der Waals surface area contributed by atoms with Crippen molar-refractivity contribution in [3.63, 3.8) is 0 Å². The number of nitrogens with zero attached hydrogens (tertiary/aromatic N) is 2. The molecule has 2 atom stereocenters. The van der Waals surface area contributed by atoms with E-state index in [2.05, 4.69) is 15.3 Å². The minimum atomic E-state index is -4.43. The lowest BCUT2D eigenvalue weighted by atomic mass is 9.86. The number of fused-ring (bicyclic) bond motifs is 1. The number of benzene rings is 2. The number of ether oxygens (including phenoxy) is 2. The van der Waals surface area contributed by atoms with Crippen molar-refractivity contribution in [2.45, 2.75) is 59.2 Å². The lowest BCUT2D eigenvalue weighted by molar-refractivity contribution is -0.148. The molecule has 0 spiro atoms. The van der Waals surface area contributed by atoms with Crippen molar-refractivity contribution in [1.29, 1.82) is 0 Å². The maximum Gasteiger partial charge on any atom is 0.416 e. The van der Waals surface area contributed by atoms with Gasteiger partial charge < -0.3 is 14.8 Å². The average molecular weight is 528 g/mol. The van der Waals surface area contributed by atoms with E-state index < -0.39 is 17.8 Å². The Bertz CT molecular complexity index is 1380. The second-order valence-electron chi connectivity index (χ2n) is 9.53. The van der Waals surface area contributed by atoms with Gasteiger partial charge in [-0.25, -0.2) is 9.97 Å². The summed E-state index contributed by atoms with van der Waals surface area (Å²) in [6.07, 6.45) is -0.445.